The van der Waals surface area contributed by atoms with Crippen LogP contribution in [-0.2, 0) is 9.53 Å². The van der Waals surface area contributed by atoms with Crippen molar-refractivity contribution in [1.82, 2.24) is 4.90 Å². The second kappa shape index (κ2) is 5.82. The summed E-state index contributed by atoms with van der Waals surface area (Å²) < 4.78 is 6.26. The third-order valence-corrected chi connectivity index (χ3v) is 3.78. The highest BCUT2D eigenvalue weighted by Gasteiger charge is 2.32. The lowest BCUT2D eigenvalue weighted by atomic mass is 10.0. The average Bonchev–Trinajstić information content (AvgIpc) is 2.38. The van der Waals surface area contributed by atoms with Crippen LogP contribution in [0.2, 0.25) is 0 Å². The minimum Gasteiger partial charge on any atom is -0.480 e. The van der Waals surface area contributed by atoms with Crippen molar-refractivity contribution in [3.05, 3.63) is 34.3 Å². The first kappa shape index (κ1) is 13.5. The Morgan fingerprint density at radius 1 is 1.61 bits per heavy atom. The maximum atomic E-state index is 11.2. The molecule has 98 valence electrons. The van der Waals surface area contributed by atoms with Crippen LogP contribution in [0, 0.1) is 0 Å². The minimum atomic E-state index is -0.823. The highest BCUT2D eigenvalue weighted by atomic mass is 79.9. The first-order valence-electron chi connectivity index (χ1n) is 5.91. The Kier molecular flexibility index (Phi) is 4.37. The van der Waals surface area contributed by atoms with Gasteiger partial charge in [-0.25, -0.2) is 0 Å². The molecule has 0 saturated carbocycles. The maximum Gasteiger partial charge on any atom is 0.323 e. The van der Waals surface area contributed by atoms with Crippen LogP contribution in [0.4, 0.5) is 0 Å². The summed E-state index contributed by atoms with van der Waals surface area (Å²) in [6.45, 7) is 3.52. The second-order valence-electron chi connectivity index (χ2n) is 4.40. The number of carboxylic acid groups (broad SMARTS) is 1. The molecular weight excluding hydrogens is 298 g/mol. The van der Waals surface area contributed by atoms with Crippen LogP contribution in [0.25, 0.3) is 0 Å². The number of hydrogen-bond donors (Lipinski definition) is 1. The summed E-state index contributed by atoms with van der Waals surface area (Å²) in [6.07, 6.45) is 0. The maximum absolute atomic E-state index is 11.2. The summed E-state index contributed by atoms with van der Waals surface area (Å²) in [7, 11) is 0. The predicted octanol–water partition coefficient (Wildman–Crippen LogP) is 2.30. The fourth-order valence-electron chi connectivity index (χ4n) is 2.25. The Labute approximate surface area is 115 Å². The number of rotatable bonds is 3. The predicted molar refractivity (Wildman–Crippen MR) is 71.5 cm³/mol. The van der Waals surface area contributed by atoms with E-state index in [1.54, 1.807) is 0 Å². The molecule has 1 saturated heterocycles. The Balaban J connectivity index is 2.20. The van der Waals surface area contributed by atoms with Gasteiger partial charge in [0, 0.05) is 17.1 Å². The quantitative estimate of drug-likeness (QED) is 0.930. The van der Waals surface area contributed by atoms with Crippen molar-refractivity contribution in [2.24, 2.45) is 0 Å². The summed E-state index contributed by atoms with van der Waals surface area (Å²) in [5, 5.41) is 9.23. The SMILES string of the molecule is CC(c1cccc(Br)c1)N1CCOCC1C(=O)O. The van der Waals surface area contributed by atoms with Crippen molar-refractivity contribution < 1.29 is 14.6 Å². The molecule has 1 aromatic carbocycles. The fourth-order valence-corrected chi connectivity index (χ4v) is 2.67. The lowest BCUT2D eigenvalue weighted by Gasteiger charge is -2.37. The number of ether oxygens (including phenoxy) is 1. The van der Waals surface area contributed by atoms with E-state index < -0.39 is 12.0 Å². The number of nitrogens with zero attached hydrogens (tertiary/aromatic N) is 1. The number of aliphatic carboxylic acids is 1. The van der Waals surface area contributed by atoms with Gasteiger partial charge in [0.05, 0.1) is 13.2 Å². The Bertz CT molecular complexity index is 438. The summed E-state index contributed by atoms with van der Waals surface area (Å²) in [5.74, 6) is -0.823. The van der Waals surface area contributed by atoms with Crippen LogP contribution in [0.15, 0.2) is 28.7 Å². The molecule has 0 spiro atoms. The fraction of sp³-hybridized carbons (Fsp3) is 0.462. The van der Waals surface area contributed by atoms with Crippen molar-refractivity contribution >= 4 is 21.9 Å². The van der Waals surface area contributed by atoms with E-state index in [0.717, 1.165) is 10.0 Å². The standard InChI is InChI=1S/C13H16BrNO3/c1-9(10-3-2-4-11(14)7-10)15-5-6-18-8-12(15)13(16)17/h2-4,7,9,12H,5-6,8H2,1H3,(H,16,17). The van der Waals surface area contributed by atoms with Gasteiger partial charge in [0.2, 0.25) is 0 Å². The third kappa shape index (κ3) is 2.91. The van der Waals surface area contributed by atoms with Gasteiger partial charge in [0.15, 0.2) is 0 Å². The van der Waals surface area contributed by atoms with Gasteiger partial charge < -0.3 is 9.84 Å². The summed E-state index contributed by atoms with van der Waals surface area (Å²) in [5.41, 5.74) is 1.11. The Hall–Kier alpha value is -0.910. The van der Waals surface area contributed by atoms with E-state index in [1.807, 2.05) is 36.1 Å². The average molecular weight is 314 g/mol. The number of carboxylic acids is 1. The molecule has 1 aromatic rings. The lowest BCUT2D eigenvalue weighted by molar-refractivity contribution is -0.151. The molecule has 0 amide bonds. The van der Waals surface area contributed by atoms with Crippen molar-refractivity contribution in [3.8, 4) is 0 Å². The van der Waals surface area contributed by atoms with E-state index in [-0.39, 0.29) is 12.6 Å². The molecule has 4 nitrogen and oxygen atoms in total. The van der Waals surface area contributed by atoms with E-state index in [1.165, 1.54) is 0 Å². The van der Waals surface area contributed by atoms with Gasteiger partial charge in [-0.05, 0) is 24.6 Å². The molecule has 0 aromatic heterocycles. The zero-order chi connectivity index (χ0) is 13.1. The molecule has 0 radical (unpaired) electrons. The highest BCUT2D eigenvalue weighted by Crippen LogP contribution is 2.26. The molecule has 1 N–H and O–H groups in total. The largest absolute Gasteiger partial charge is 0.480 e. The Morgan fingerprint density at radius 2 is 2.39 bits per heavy atom. The van der Waals surface area contributed by atoms with Crippen LogP contribution >= 0.6 is 15.9 Å². The van der Waals surface area contributed by atoms with Crippen LogP contribution in [-0.4, -0.2) is 41.8 Å². The number of carbonyl (C=O) groups is 1. The normalized spacial score (nSPS) is 22.7. The smallest absolute Gasteiger partial charge is 0.323 e. The third-order valence-electron chi connectivity index (χ3n) is 3.28. The molecule has 0 bridgehead atoms. The van der Waals surface area contributed by atoms with Crippen molar-refractivity contribution in [1.29, 1.82) is 0 Å². The first-order valence-corrected chi connectivity index (χ1v) is 6.70. The van der Waals surface area contributed by atoms with Gasteiger partial charge in [0.1, 0.15) is 6.04 Å². The lowest BCUT2D eigenvalue weighted by Crippen LogP contribution is -2.50. The van der Waals surface area contributed by atoms with Gasteiger partial charge in [-0.1, -0.05) is 28.1 Å². The van der Waals surface area contributed by atoms with Crippen molar-refractivity contribution in [2.45, 2.75) is 19.0 Å². The number of hydrogen-bond acceptors (Lipinski definition) is 3. The summed E-state index contributed by atoms with van der Waals surface area (Å²) in [6, 6.07) is 7.47. The topological polar surface area (TPSA) is 49.8 Å². The van der Waals surface area contributed by atoms with Gasteiger partial charge >= 0.3 is 5.97 Å². The minimum absolute atomic E-state index is 0.0625. The highest BCUT2D eigenvalue weighted by molar-refractivity contribution is 9.10. The molecule has 1 heterocycles. The van der Waals surface area contributed by atoms with Gasteiger partial charge in [0.25, 0.3) is 0 Å². The molecule has 18 heavy (non-hydrogen) atoms. The molecular formula is C13H16BrNO3. The van der Waals surface area contributed by atoms with E-state index >= 15 is 0 Å². The molecule has 2 rings (SSSR count). The van der Waals surface area contributed by atoms with E-state index in [2.05, 4.69) is 15.9 Å². The van der Waals surface area contributed by atoms with Gasteiger partial charge in [-0.2, -0.15) is 0 Å². The van der Waals surface area contributed by atoms with Crippen LogP contribution in [0.3, 0.4) is 0 Å². The van der Waals surface area contributed by atoms with Crippen LogP contribution in [0.1, 0.15) is 18.5 Å². The van der Waals surface area contributed by atoms with Crippen LogP contribution < -0.4 is 0 Å². The molecule has 2 unspecified atom stereocenters. The number of morpholine rings is 1. The van der Waals surface area contributed by atoms with Crippen molar-refractivity contribution in [3.63, 3.8) is 0 Å². The van der Waals surface area contributed by atoms with Crippen LogP contribution in [0.5, 0.6) is 0 Å². The molecule has 0 aliphatic carbocycles. The molecule has 2 atom stereocenters. The number of halogens is 1. The number of benzene rings is 1. The second-order valence-corrected chi connectivity index (χ2v) is 5.31. The van der Waals surface area contributed by atoms with E-state index in [9.17, 15) is 9.90 Å². The zero-order valence-corrected chi connectivity index (χ0v) is 11.8. The Morgan fingerprint density at radius 3 is 3.06 bits per heavy atom. The van der Waals surface area contributed by atoms with Gasteiger partial charge in [-0.3, -0.25) is 9.69 Å². The molecule has 5 heteroatoms. The summed E-state index contributed by atoms with van der Waals surface area (Å²) >= 11 is 3.44. The monoisotopic (exact) mass is 313 g/mol. The van der Waals surface area contributed by atoms with E-state index in [0.29, 0.717) is 13.2 Å². The van der Waals surface area contributed by atoms with E-state index in [4.69, 9.17) is 4.74 Å². The molecule has 1 aliphatic rings. The zero-order valence-electron chi connectivity index (χ0n) is 10.2. The molecule has 1 fully saturated rings. The first-order chi connectivity index (χ1) is 8.59. The van der Waals surface area contributed by atoms with Crippen molar-refractivity contribution in [2.75, 3.05) is 19.8 Å². The van der Waals surface area contributed by atoms with Gasteiger partial charge in [-0.15, -0.1) is 0 Å². The summed E-state index contributed by atoms with van der Waals surface area (Å²) in [4.78, 5) is 13.2. The molecule has 1 aliphatic heterocycles.